The number of fused-ring (bicyclic) bond motifs is 1. The number of carbonyl (C=O) groups excluding carboxylic acids is 1. The molecular weight excluding hydrogens is 431 g/mol. The molecule has 0 bridgehead atoms. The normalized spacial score (nSPS) is 14.7. The highest BCUT2D eigenvalue weighted by Crippen LogP contribution is 2.22. The van der Waals surface area contributed by atoms with Gasteiger partial charge in [0.1, 0.15) is 10.3 Å². The number of nitrogens with one attached hydrogen (secondary N) is 2. The number of rotatable bonds is 5. The van der Waals surface area contributed by atoms with Crippen molar-refractivity contribution >= 4 is 34.7 Å². The van der Waals surface area contributed by atoms with Crippen molar-refractivity contribution < 1.29 is 9.18 Å². The van der Waals surface area contributed by atoms with E-state index >= 15 is 4.39 Å². The van der Waals surface area contributed by atoms with Crippen molar-refractivity contribution in [2.24, 2.45) is 0 Å². The van der Waals surface area contributed by atoms with Crippen LogP contribution in [0.25, 0.3) is 10.9 Å². The molecule has 1 aromatic carbocycles. The average Bonchev–Trinajstić information content (AvgIpc) is 2.81. The zero-order valence-corrected chi connectivity index (χ0v) is 18.8. The van der Waals surface area contributed by atoms with Gasteiger partial charge in [-0.25, -0.2) is 14.2 Å². The van der Waals surface area contributed by atoms with Crippen molar-refractivity contribution in [1.29, 1.82) is 0 Å². The molecular formula is C22H25FN6O2S. The molecule has 10 heteroatoms. The fourth-order valence-electron chi connectivity index (χ4n) is 3.98. The van der Waals surface area contributed by atoms with Crippen LogP contribution in [0.3, 0.4) is 0 Å². The van der Waals surface area contributed by atoms with Crippen molar-refractivity contribution in [1.82, 2.24) is 24.8 Å². The fraction of sp³-hybridized carbons (Fsp3) is 0.364. The first kappa shape index (κ1) is 22.1. The van der Waals surface area contributed by atoms with Gasteiger partial charge in [0.15, 0.2) is 5.82 Å². The zero-order chi connectivity index (χ0) is 22.8. The molecule has 2 aromatic heterocycles. The van der Waals surface area contributed by atoms with Crippen molar-refractivity contribution in [3.63, 3.8) is 0 Å². The Balaban J connectivity index is 1.46. The lowest BCUT2D eigenvalue weighted by Crippen LogP contribution is -2.46. The minimum Gasteiger partial charge on any atom is -0.368 e. The Hall–Kier alpha value is -3.11. The number of benzene rings is 1. The van der Waals surface area contributed by atoms with Gasteiger partial charge in [0.25, 0.3) is 5.91 Å². The van der Waals surface area contributed by atoms with Crippen LogP contribution in [-0.2, 0) is 13.1 Å². The SMILES string of the molecule is CCn1c(=O)[nH]c2c(F)c(CN3CCN(c4ccc(C(=O)NC)nc4)CC3)ccc2c1=S. The first-order valence-electron chi connectivity index (χ1n) is 10.5. The minimum absolute atomic E-state index is 0.170. The Morgan fingerprint density at radius 3 is 2.59 bits per heavy atom. The molecule has 0 unspecified atom stereocenters. The van der Waals surface area contributed by atoms with E-state index in [4.69, 9.17) is 12.2 Å². The number of pyridine rings is 1. The van der Waals surface area contributed by atoms with Crippen LogP contribution in [0.1, 0.15) is 23.0 Å². The predicted octanol–water partition coefficient (Wildman–Crippen LogP) is 2.29. The first-order valence-corrected chi connectivity index (χ1v) is 10.9. The summed E-state index contributed by atoms with van der Waals surface area (Å²) in [7, 11) is 1.57. The molecule has 1 aliphatic rings. The molecule has 1 aliphatic heterocycles. The third-order valence-electron chi connectivity index (χ3n) is 5.83. The number of nitrogens with zero attached hydrogens (tertiary/aromatic N) is 4. The Labute approximate surface area is 189 Å². The third-order valence-corrected chi connectivity index (χ3v) is 6.27. The van der Waals surface area contributed by atoms with Crippen LogP contribution in [0.15, 0.2) is 35.3 Å². The second-order valence-electron chi connectivity index (χ2n) is 7.68. The summed E-state index contributed by atoms with van der Waals surface area (Å²) in [5.74, 6) is -0.641. The van der Waals surface area contributed by atoms with E-state index in [2.05, 4.69) is 25.1 Å². The molecule has 0 saturated carbocycles. The highest BCUT2D eigenvalue weighted by molar-refractivity contribution is 7.71. The molecule has 2 N–H and O–H groups in total. The van der Waals surface area contributed by atoms with Crippen LogP contribution in [0.2, 0.25) is 0 Å². The summed E-state index contributed by atoms with van der Waals surface area (Å²) in [4.78, 5) is 35.1. The van der Waals surface area contributed by atoms with Crippen LogP contribution >= 0.6 is 12.2 Å². The summed E-state index contributed by atoms with van der Waals surface area (Å²) < 4.78 is 17.0. The number of hydrogen-bond acceptors (Lipinski definition) is 6. The lowest BCUT2D eigenvalue weighted by Gasteiger charge is -2.36. The van der Waals surface area contributed by atoms with Gasteiger partial charge >= 0.3 is 5.69 Å². The van der Waals surface area contributed by atoms with Crippen molar-refractivity contribution in [2.45, 2.75) is 20.0 Å². The van der Waals surface area contributed by atoms with E-state index in [1.165, 1.54) is 4.57 Å². The number of hydrogen-bond donors (Lipinski definition) is 2. The quantitative estimate of drug-likeness (QED) is 0.573. The average molecular weight is 457 g/mol. The van der Waals surface area contributed by atoms with Crippen LogP contribution in [0.4, 0.5) is 10.1 Å². The van der Waals surface area contributed by atoms with E-state index in [0.29, 0.717) is 34.4 Å². The number of carbonyl (C=O) groups is 1. The molecule has 32 heavy (non-hydrogen) atoms. The summed E-state index contributed by atoms with van der Waals surface area (Å²) in [5, 5.41) is 3.10. The van der Waals surface area contributed by atoms with Gasteiger partial charge in [-0.15, -0.1) is 0 Å². The summed E-state index contributed by atoms with van der Waals surface area (Å²) in [6.07, 6.45) is 1.70. The standard InChI is InChI=1S/C22H25FN6O2S/c1-3-29-21(32)16-6-4-14(18(23)19(16)26-22(29)31)13-27-8-10-28(11-9-27)15-5-7-17(25-12-15)20(30)24-2/h4-7,12H,3,8-11,13H2,1-2H3,(H,24,30)(H,26,31). The first-order chi connectivity index (χ1) is 15.4. The summed E-state index contributed by atoms with van der Waals surface area (Å²) >= 11 is 5.37. The number of piperazine rings is 1. The summed E-state index contributed by atoms with van der Waals surface area (Å²) in [5.41, 5.74) is 1.64. The molecule has 3 heterocycles. The topological polar surface area (TPSA) is 86.3 Å². The molecule has 1 amide bonds. The van der Waals surface area contributed by atoms with E-state index in [1.807, 2.05) is 13.0 Å². The number of aromatic nitrogens is 3. The van der Waals surface area contributed by atoms with Gasteiger partial charge < -0.3 is 15.2 Å². The monoisotopic (exact) mass is 456 g/mol. The van der Waals surface area contributed by atoms with Gasteiger partial charge in [0.2, 0.25) is 0 Å². The van der Waals surface area contributed by atoms with Crippen LogP contribution in [-0.4, -0.2) is 58.6 Å². The maximum absolute atomic E-state index is 15.2. The lowest BCUT2D eigenvalue weighted by atomic mass is 10.1. The molecule has 1 fully saturated rings. The Kier molecular flexibility index (Phi) is 6.33. The molecule has 8 nitrogen and oxygen atoms in total. The van der Waals surface area contributed by atoms with E-state index in [9.17, 15) is 9.59 Å². The minimum atomic E-state index is -0.426. The van der Waals surface area contributed by atoms with E-state index in [-0.39, 0.29) is 11.4 Å². The van der Waals surface area contributed by atoms with Gasteiger partial charge in [0.05, 0.1) is 17.4 Å². The van der Waals surface area contributed by atoms with Crippen molar-refractivity contribution in [2.75, 3.05) is 38.1 Å². The van der Waals surface area contributed by atoms with Crippen LogP contribution < -0.4 is 15.9 Å². The molecule has 4 rings (SSSR count). The van der Waals surface area contributed by atoms with E-state index < -0.39 is 11.5 Å². The van der Waals surface area contributed by atoms with E-state index in [1.54, 1.807) is 31.4 Å². The van der Waals surface area contributed by atoms with Crippen molar-refractivity contribution in [3.05, 3.63) is 62.7 Å². The molecule has 0 radical (unpaired) electrons. The molecule has 0 spiro atoms. The van der Waals surface area contributed by atoms with Crippen LogP contribution in [0.5, 0.6) is 0 Å². The van der Waals surface area contributed by atoms with Gasteiger partial charge in [-0.2, -0.15) is 0 Å². The Morgan fingerprint density at radius 2 is 1.97 bits per heavy atom. The predicted molar refractivity (Wildman–Crippen MR) is 124 cm³/mol. The molecule has 168 valence electrons. The Morgan fingerprint density at radius 1 is 1.22 bits per heavy atom. The molecule has 0 aliphatic carbocycles. The highest BCUT2D eigenvalue weighted by atomic mass is 32.1. The van der Waals surface area contributed by atoms with Gasteiger partial charge in [-0.05, 0) is 25.1 Å². The number of H-pyrrole nitrogens is 1. The largest absolute Gasteiger partial charge is 0.368 e. The third kappa shape index (κ3) is 4.15. The van der Waals surface area contributed by atoms with Gasteiger partial charge in [-0.1, -0.05) is 18.3 Å². The Bertz CT molecular complexity index is 1260. The fourth-order valence-corrected chi connectivity index (χ4v) is 4.36. The van der Waals surface area contributed by atoms with Gasteiger partial charge in [-0.3, -0.25) is 14.3 Å². The lowest BCUT2D eigenvalue weighted by molar-refractivity contribution is 0.0958. The molecule has 0 atom stereocenters. The number of amides is 1. The maximum atomic E-state index is 15.2. The second kappa shape index (κ2) is 9.17. The number of anilines is 1. The smallest absolute Gasteiger partial charge is 0.327 e. The highest BCUT2D eigenvalue weighted by Gasteiger charge is 2.20. The summed E-state index contributed by atoms with van der Waals surface area (Å²) in [6.45, 7) is 5.74. The molecule has 3 aromatic rings. The number of halogens is 1. The second-order valence-corrected chi connectivity index (χ2v) is 8.07. The maximum Gasteiger partial charge on any atom is 0.327 e. The van der Waals surface area contributed by atoms with Gasteiger partial charge in [0, 0.05) is 57.3 Å². The van der Waals surface area contributed by atoms with Crippen LogP contribution in [0, 0.1) is 10.5 Å². The molecule has 1 saturated heterocycles. The zero-order valence-electron chi connectivity index (χ0n) is 18.0. The summed E-state index contributed by atoms with van der Waals surface area (Å²) in [6, 6.07) is 7.14. The number of aromatic amines is 1. The van der Waals surface area contributed by atoms with E-state index in [0.717, 1.165) is 31.9 Å². The van der Waals surface area contributed by atoms with Crippen molar-refractivity contribution in [3.8, 4) is 0 Å².